The number of hydrogen-bond acceptors (Lipinski definition) is 5. The zero-order valence-electron chi connectivity index (χ0n) is 11.0. The molecule has 0 spiro atoms. The average Bonchev–Trinajstić information content (AvgIpc) is 2.48. The van der Waals surface area contributed by atoms with Gasteiger partial charge in [-0.25, -0.2) is 15.0 Å². The molecule has 0 aliphatic rings. The largest absolute Gasteiger partial charge is 0.392 e. The molecule has 0 aliphatic carbocycles. The topological polar surface area (TPSA) is 70.9 Å². The second kappa shape index (κ2) is 5.22. The molecule has 5 nitrogen and oxygen atoms in total. The Kier molecular flexibility index (Phi) is 3.26. The van der Waals surface area contributed by atoms with E-state index in [1.165, 1.54) is 6.33 Å². The lowest BCUT2D eigenvalue weighted by Crippen LogP contribution is -2.00. The van der Waals surface area contributed by atoms with Gasteiger partial charge in [-0.3, -0.25) is 0 Å². The first-order valence-corrected chi connectivity index (χ1v) is 6.32. The first kappa shape index (κ1) is 12.5. The molecule has 2 heterocycles. The van der Waals surface area contributed by atoms with E-state index in [4.69, 9.17) is 0 Å². The standard InChI is InChI=1S/C15H14N4O/c1-10-6-7-13-14(18-10)15(17-9-16-13)19-12-5-3-2-4-11(12)8-20/h2-7,9,20H,8H2,1H3,(H,16,17,19). The molecule has 0 unspecified atom stereocenters. The highest BCUT2D eigenvalue weighted by molar-refractivity contribution is 5.87. The predicted octanol–water partition coefficient (Wildman–Crippen LogP) is 2.57. The van der Waals surface area contributed by atoms with E-state index in [0.29, 0.717) is 5.82 Å². The zero-order valence-corrected chi connectivity index (χ0v) is 11.0. The van der Waals surface area contributed by atoms with Crippen molar-refractivity contribution in [1.82, 2.24) is 15.0 Å². The third-order valence-electron chi connectivity index (χ3n) is 3.06. The Morgan fingerprint density at radius 1 is 1.10 bits per heavy atom. The molecule has 1 aromatic carbocycles. The van der Waals surface area contributed by atoms with E-state index >= 15 is 0 Å². The van der Waals surface area contributed by atoms with Crippen molar-refractivity contribution < 1.29 is 5.11 Å². The molecule has 2 aromatic heterocycles. The summed E-state index contributed by atoms with van der Waals surface area (Å²) >= 11 is 0. The molecule has 0 fully saturated rings. The average molecular weight is 266 g/mol. The summed E-state index contributed by atoms with van der Waals surface area (Å²) in [7, 11) is 0. The molecule has 20 heavy (non-hydrogen) atoms. The van der Waals surface area contributed by atoms with Crippen LogP contribution in [0.5, 0.6) is 0 Å². The number of aliphatic hydroxyl groups excluding tert-OH is 1. The molecule has 5 heteroatoms. The van der Waals surface area contributed by atoms with E-state index < -0.39 is 0 Å². The first-order chi connectivity index (χ1) is 9.78. The van der Waals surface area contributed by atoms with E-state index in [0.717, 1.165) is 28.0 Å². The van der Waals surface area contributed by atoms with Gasteiger partial charge in [0.25, 0.3) is 0 Å². The fourth-order valence-corrected chi connectivity index (χ4v) is 2.04. The molecule has 0 amide bonds. The minimum Gasteiger partial charge on any atom is -0.392 e. The van der Waals surface area contributed by atoms with Crippen molar-refractivity contribution in [2.45, 2.75) is 13.5 Å². The summed E-state index contributed by atoms with van der Waals surface area (Å²) < 4.78 is 0. The van der Waals surface area contributed by atoms with Crippen molar-refractivity contribution in [3.05, 3.63) is 54.0 Å². The van der Waals surface area contributed by atoms with Gasteiger partial charge < -0.3 is 10.4 Å². The quantitative estimate of drug-likeness (QED) is 0.762. The van der Waals surface area contributed by atoms with Gasteiger partial charge in [0.15, 0.2) is 5.82 Å². The maximum Gasteiger partial charge on any atom is 0.160 e. The number of anilines is 2. The summed E-state index contributed by atoms with van der Waals surface area (Å²) in [4.78, 5) is 12.9. The van der Waals surface area contributed by atoms with Crippen molar-refractivity contribution in [3.63, 3.8) is 0 Å². The number of pyridine rings is 1. The van der Waals surface area contributed by atoms with E-state index in [2.05, 4.69) is 20.3 Å². The number of fused-ring (bicyclic) bond motifs is 1. The van der Waals surface area contributed by atoms with Gasteiger partial charge in [0.05, 0.1) is 12.1 Å². The van der Waals surface area contributed by atoms with Crippen LogP contribution in [-0.4, -0.2) is 20.1 Å². The first-order valence-electron chi connectivity index (χ1n) is 6.32. The maximum absolute atomic E-state index is 9.37. The van der Waals surface area contributed by atoms with Crippen molar-refractivity contribution in [2.24, 2.45) is 0 Å². The van der Waals surface area contributed by atoms with E-state index in [1.54, 1.807) is 0 Å². The number of benzene rings is 1. The molecule has 2 N–H and O–H groups in total. The number of aromatic nitrogens is 3. The number of aryl methyl sites for hydroxylation is 1. The highest BCUT2D eigenvalue weighted by Gasteiger charge is 2.07. The number of hydrogen-bond donors (Lipinski definition) is 2. The smallest absolute Gasteiger partial charge is 0.160 e. The molecule has 0 bridgehead atoms. The second-order valence-corrected chi connectivity index (χ2v) is 4.48. The molecule has 0 aliphatic heterocycles. The van der Waals surface area contributed by atoms with Gasteiger partial charge in [-0.1, -0.05) is 18.2 Å². The summed E-state index contributed by atoms with van der Waals surface area (Å²) in [6.07, 6.45) is 1.50. The fourth-order valence-electron chi connectivity index (χ4n) is 2.04. The van der Waals surface area contributed by atoms with Crippen LogP contribution >= 0.6 is 0 Å². The summed E-state index contributed by atoms with van der Waals surface area (Å²) in [5, 5.41) is 12.6. The maximum atomic E-state index is 9.37. The number of aliphatic hydroxyl groups is 1. The van der Waals surface area contributed by atoms with Gasteiger partial charge in [0.1, 0.15) is 11.8 Å². The lowest BCUT2D eigenvalue weighted by molar-refractivity contribution is 0.282. The van der Waals surface area contributed by atoms with Crippen LogP contribution in [0, 0.1) is 6.92 Å². The Balaban J connectivity index is 2.08. The van der Waals surface area contributed by atoms with Crippen molar-refractivity contribution in [1.29, 1.82) is 0 Å². The van der Waals surface area contributed by atoms with Gasteiger partial charge >= 0.3 is 0 Å². The van der Waals surface area contributed by atoms with E-state index in [-0.39, 0.29) is 6.61 Å². The van der Waals surface area contributed by atoms with Gasteiger partial charge in [-0.15, -0.1) is 0 Å². The van der Waals surface area contributed by atoms with Crippen molar-refractivity contribution >= 4 is 22.5 Å². The lowest BCUT2D eigenvalue weighted by Gasteiger charge is -2.11. The normalized spacial score (nSPS) is 10.7. The number of para-hydroxylation sites is 1. The Labute approximate surface area is 116 Å². The van der Waals surface area contributed by atoms with Crippen LogP contribution < -0.4 is 5.32 Å². The highest BCUT2D eigenvalue weighted by Crippen LogP contribution is 2.24. The van der Waals surface area contributed by atoms with Crippen molar-refractivity contribution in [3.8, 4) is 0 Å². The fraction of sp³-hybridized carbons (Fsp3) is 0.133. The Bertz CT molecular complexity index is 758. The minimum absolute atomic E-state index is 0.0291. The van der Waals surface area contributed by atoms with Crippen molar-refractivity contribution in [2.75, 3.05) is 5.32 Å². The molecule has 3 rings (SSSR count). The molecule has 100 valence electrons. The molecular weight excluding hydrogens is 252 g/mol. The highest BCUT2D eigenvalue weighted by atomic mass is 16.3. The second-order valence-electron chi connectivity index (χ2n) is 4.48. The van der Waals surface area contributed by atoms with E-state index in [1.807, 2.05) is 43.3 Å². The molecule has 0 saturated carbocycles. The van der Waals surface area contributed by atoms with Crippen LogP contribution in [0.1, 0.15) is 11.3 Å². The SMILES string of the molecule is Cc1ccc2ncnc(Nc3ccccc3CO)c2n1. The number of rotatable bonds is 3. The Morgan fingerprint density at radius 3 is 2.80 bits per heavy atom. The van der Waals surface area contributed by atoms with Crippen LogP contribution in [0.2, 0.25) is 0 Å². The molecule has 0 saturated heterocycles. The lowest BCUT2D eigenvalue weighted by atomic mass is 10.2. The summed E-state index contributed by atoms with van der Waals surface area (Å²) in [5.74, 6) is 0.639. The van der Waals surface area contributed by atoms with Gasteiger partial charge in [-0.2, -0.15) is 0 Å². The molecule has 0 atom stereocenters. The van der Waals surface area contributed by atoms with Gasteiger partial charge in [-0.05, 0) is 25.1 Å². The molecular formula is C15H14N4O. The van der Waals surface area contributed by atoms with Crippen LogP contribution in [0.4, 0.5) is 11.5 Å². The van der Waals surface area contributed by atoms with Crippen LogP contribution in [-0.2, 0) is 6.61 Å². The molecule has 0 radical (unpaired) electrons. The Hall–Kier alpha value is -2.53. The van der Waals surface area contributed by atoms with Gasteiger partial charge in [0.2, 0.25) is 0 Å². The third kappa shape index (κ3) is 2.31. The monoisotopic (exact) mass is 266 g/mol. The van der Waals surface area contributed by atoms with E-state index in [9.17, 15) is 5.11 Å². The molecule has 3 aromatic rings. The Morgan fingerprint density at radius 2 is 1.95 bits per heavy atom. The van der Waals surface area contributed by atoms with Crippen LogP contribution in [0.3, 0.4) is 0 Å². The van der Waals surface area contributed by atoms with Gasteiger partial charge in [0, 0.05) is 16.9 Å². The predicted molar refractivity (Wildman–Crippen MR) is 77.7 cm³/mol. The summed E-state index contributed by atoms with van der Waals surface area (Å²) in [5.41, 5.74) is 4.05. The summed E-state index contributed by atoms with van der Waals surface area (Å²) in [6, 6.07) is 11.4. The number of nitrogens with one attached hydrogen (secondary N) is 1. The van der Waals surface area contributed by atoms with Crippen LogP contribution in [0.15, 0.2) is 42.7 Å². The zero-order chi connectivity index (χ0) is 13.9. The summed E-state index contributed by atoms with van der Waals surface area (Å²) in [6.45, 7) is 1.90. The third-order valence-corrected chi connectivity index (χ3v) is 3.06. The minimum atomic E-state index is -0.0291. The van der Waals surface area contributed by atoms with Crippen LogP contribution in [0.25, 0.3) is 11.0 Å². The number of nitrogens with zero attached hydrogens (tertiary/aromatic N) is 3.